The minimum atomic E-state index is 0.455. The third kappa shape index (κ3) is 2.24. The molecule has 1 aromatic heterocycles. The number of benzene rings is 1. The van der Waals surface area contributed by atoms with Crippen molar-refractivity contribution in [2.45, 2.75) is 84.0 Å². The summed E-state index contributed by atoms with van der Waals surface area (Å²) in [6.07, 6.45) is 14.7. The molecule has 1 aromatic carbocycles. The number of aromatic nitrogens is 2. The topological polar surface area (TPSA) is 28.7 Å². The van der Waals surface area contributed by atoms with Gasteiger partial charge in [0.2, 0.25) is 0 Å². The monoisotopic (exact) mass is 376 g/mol. The van der Waals surface area contributed by atoms with Crippen LogP contribution >= 0.6 is 0 Å². The Morgan fingerprint density at radius 3 is 2.64 bits per heavy atom. The van der Waals surface area contributed by atoms with Crippen molar-refractivity contribution in [2.24, 2.45) is 34.5 Å². The molecular weight excluding hydrogens is 340 g/mol. The molecule has 150 valence electrons. The molecule has 6 rings (SSSR count). The molecule has 4 fully saturated rings. The van der Waals surface area contributed by atoms with Crippen molar-refractivity contribution >= 4 is 10.9 Å². The second-order valence-corrected chi connectivity index (χ2v) is 11.2. The van der Waals surface area contributed by atoms with Gasteiger partial charge in [0.05, 0.1) is 11.2 Å². The van der Waals surface area contributed by atoms with E-state index in [9.17, 15) is 0 Å². The number of hydrogen-bond acceptors (Lipinski definition) is 1. The van der Waals surface area contributed by atoms with Crippen LogP contribution < -0.4 is 0 Å². The van der Waals surface area contributed by atoms with Crippen molar-refractivity contribution in [2.75, 3.05) is 0 Å². The zero-order chi connectivity index (χ0) is 18.9. The molecule has 4 aliphatic carbocycles. The maximum atomic E-state index is 4.87. The molecule has 0 spiro atoms. The summed E-state index contributed by atoms with van der Waals surface area (Å²) < 4.78 is 0. The van der Waals surface area contributed by atoms with Gasteiger partial charge in [-0.05, 0) is 91.9 Å². The summed E-state index contributed by atoms with van der Waals surface area (Å²) in [5.74, 6) is 4.57. The Morgan fingerprint density at radius 2 is 1.71 bits per heavy atom. The van der Waals surface area contributed by atoms with Crippen LogP contribution in [0.15, 0.2) is 24.3 Å². The fourth-order valence-corrected chi connectivity index (χ4v) is 8.99. The van der Waals surface area contributed by atoms with Gasteiger partial charge in [-0.3, -0.25) is 5.10 Å². The minimum absolute atomic E-state index is 0.455. The molecule has 1 heterocycles. The van der Waals surface area contributed by atoms with Crippen LogP contribution in [0.25, 0.3) is 10.9 Å². The zero-order valence-corrected chi connectivity index (χ0v) is 17.7. The van der Waals surface area contributed by atoms with Gasteiger partial charge in [0.1, 0.15) is 0 Å². The van der Waals surface area contributed by atoms with Gasteiger partial charge >= 0.3 is 0 Å². The highest BCUT2D eigenvalue weighted by Crippen LogP contribution is 2.69. The molecule has 2 nitrogen and oxygen atoms in total. The van der Waals surface area contributed by atoms with Gasteiger partial charge in [0, 0.05) is 11.3 Å². The molecule has 2 heteroatoms. The lowest BCUT2D eigenvalue weighted by atomic mass is 9.45. The predicted octanol–water partition coefficient (Wildman–Crippen LogP) is 7.08. The van der Waals surface area contributed by atoms with Gasteiger partial charge in [0.15, 0.2) is 0 Å². The van der Waals surface area contributed by atoms with E-state index < -0.39 is 0 Å². The maximum absolute atomic E-state index is 4.87. The van der Waals surface area contributed by atoms with Crippen molar-refractivity contribution < 1.29 is 0 Å². The van der Waals surface area contributed by atoms with E-state index in [1.807, 2.05) is 0 Å². The summed E-state index contributed by atoms with van der Waals surface area (Å²) >= 11 is 0. The quantitative estimate of drug-likeness (QED) is 0.566. The molecule has 0 radical (unpaired) electrons. The normalized spacial score (nSPS) is 45.4. The highest BCUT2D eigenvalue weighted by molar-refractivity contribution is 5.81. The van der Waals surface area contributed by atoms with Crippen molar-refractivity contribution in [3.63, 3.8) is 0 Å². The third-order valence-corrected chi connectivity index (χ3v) is 10.4. The molecule has 2 unspecified atom stereocenters. The number of aromatic amines is 1. The second-order valence-electron chi connectivity index (χ2n) is 11.2. The van der Waals surface area contributed by atoms with E-state index in [1.54, 1.807) is 0 Å². The highest BCUT2D eigenvalue weighted by atomic mass is 15.1. The van der Waals surface area contributed by atoms with E-state index in [4.69, 9.17) is 5.10 Å². The first-order valence-electron chi connectivity index (χ1n) is 12.0. The Bertz CT molecular complexity index is 883. The fourth-order valence-electron chi connectivity index (χ4n) is 8.99. The molecule has 0 saturated heterocycles. The molecule has 1 N–H and O–H groups in total. The van der Waals surface area contributed by atoms with E-state index in [0.29, 0.717) is 16.7 Å². The minimum Gasteiger partial charge on any atom is -0.278 e. The molecular formula is C26H36N2. The van der Waals surface area contributed by atoms with Crippen molar-refractivity contribution in [3.05, 3.63) is 30.0 Å². The maximum Gasteiger partial charge on any atom is 0.0737 e. The Balaban J connectivity index is 1.35. The van der Waals surface area contributed by atoms with Gasteiger partial charge in [-0.2, -0.15) is 5.10 Å². The number of nitrogens with one attached hydrogen (secondary N) is 1. The lowest BCUT2D eigenvalue weighted by Crippen LogP contribution is -2.52. The van der Waals surface area contributed by atoms with Crippen LogP contribution in [0, 0.1) is 34.5 Å². The summed E-state index contributed by atoms with van der Waals surface area (Å²) in [6.45, 7) is 5.34. The standard InChI is InChI=1S/C26H36N2/c1-25-15-6-5-7-17(25)10-11-18-20-12-13-22(26(20,2)16-14-21(18)25)24-19-8-3-4-9-23(19)27-28-24/h3-4,8-9,17-18,20-22H,5-7,10-16H2,1-2H3,(H,27,28)/t17?,18-,20-,21-,22?,25-,26-/m0/s1. The largest absolute Gasteiger partial charge is 0.278 e. The summed E-state index contributed by atoms with van der Waals surface area (Å²) in [4.78, 5) is 0. The van der Waals surface area contributed by atoms with Crippen LogP contribution in [-0.4, -0.2) is 10.2 Å². The summed E-state index contributed by atoms with van der Waals surface area (Å²) in [6, 6.07) is 8.77. The van der Waals surface area contributed by atoms with Crippen LogP contribution in [0.2, 0.25) is 0 Å². The van der Waals surface area contributed by atoms with Crippen LogP contribution in [0.5, 0.6) is 0 Å². The van der Waals surface area contributed by atoms with Crippen LogP contribution in [0.1, 0.15) is 89.7 Å². The fraction of sp³-hybridized carbons (Fsp3) is 0.731. The van der Waals surface area contributed by atoms with Gasteiger partial charge in [-0.15, -0.1) is 0 Å². The number of nitrogens with zero attached hydrogens (tertiary/aromatic N) is 1. The van der Waals surface area contributed by atoms with E-state index in [0.717, 1.165) is 23.7 Å². The Kier molecular flexibility index (Phi) is 3.82. The van der Waals surface area contributed by atoms with Crippen molar-refractivity contribution in [1.29, 1.82) is 0 Å². The molecule has 4 saturated carbocycles. The van der Waals surface area contributed by atoms with Gasteiger partial charge < -0.3 is 0 Å². The van der Waals surface area contributed by atoms with E-state index in [-0.39, 0.29) is 0 Å². The Hall–Kier alpha value is -1.31. The average molecular weight is 377 g/mol. The van der Waals surface area contributed by atoms with E-state index in [1.165, 1.54) is 80.8 Å². The SMILES string of the molecule is C[C@]12CCCCC1CC[C@@H]1[C@@H]2CC[C@]2(C)C(c3n[nH]c4ccccc34)CC[C@@H]12. The average Bonchev–Trinajstić information content (AvgIpc) is 3.28. The molecule has 0 bridgehead atoms. The van der Waals surface area contributed by atoms with Crippen molar-refractivity contribution in [1.82, 2.24) is 10.2 Å². The lowest BCUT2D eigenvalue weighted by Gasteiger charge is -2.60. The van der Waals surface area contributed by atoms with Crippen LogP contribution in [-0.2, 0) is 0 Å². The number of hydrogen-bond donors (Lipinski definition) is 1. The highest BCUT2D eigenvalue weighted by Gasteiger charge is 2.60. The van der Waals surface area contributed by atoms with E-state index in [2.05, 4.69) is 43.2 Å². The van der Waals surface area contributed by atoms with Gasteiger partial charge in [-0.1, -0.05) is 44.9 Å². The third-order valence-electron chi connectivity index (χ3n) is 10.4. The number of rotatable bonds is 1. The second kappa shape index (κ2) is 6.09. The first kappa shape index (κ1) is 17.5. The molecule has 7 atom stereocenters. The number of para-hydroxylation sites is 1. The lowest BCUT2D eigenvalue weighted by molar-refractivity contribution is -0.106. The predicted molar refractivity (Wildman–Crippen MR) is 115 cm³/mol. The first-order valence-corrected chi connectivity index (χ1v) is 12.0. The van der Waals surface area contributed by atoms with Gasteiger partial charge in [0.25, 0.3) is 0 Å². The van der Waals surface area contributed by atoms with Crippen molar-refractivity contribution in [3.8, 4) is 0 Å². The van der Waals surface area contributed by atoms with Crippen LogP contribution in [0.3, 0.4) is 0 Å². The molecule has 0 amide bonds. The smallest absolute Gasteiger partial charge is 0.0737 e. The summed E-state index contributed by atoms with van der Waals surface area (Å²) in [5, 5.41) is 9.57. The molecule has 4 aliphatic rings. The number of H-pyrrole nitrogens is 1. The van der Waals surface area contributed by atoms with Crippen LogP contribution in [0.4, 0.5) is 0 Å². The first-order chi connectivity index (χ1) is 13.6. The summed E-state index contributed by atoms with van der Waals surface area (Å²) in [7, 11) is 0. The molecule has 2 aromatic rings. The zero-order valence-electron chi connectivity index (χ0n) is 17.7. The van der Waals surface area contributed by atoms with E-state index >= 15 is 0 Å². The molecule has 0 aliphatic heterocycles. The Labute approximate surface area is 169 Å². The Morgan fingerprint density at radius 1 is 0.857 bits per heavy atom. The van der Waals surface area contributed by atoms with Gasteiger partial charge in [-0.25, -0.2) is 0 Å². The molecule has 28 heavy (non-hydrogen) atoms. The number of fused-ring (bicyclic) bond motifs is 6. The summed E-state index contributed by atoms with van der Waals surface area (Å²) in [5.41, 5.74) is 3.70.